The molecule has 0 heterocycles. The van der Waals surface area contributed by atoms with Gasteiger partial charge in [0.05, 0.1) is 10.4 Å². The van der Waals surface area contributed by atoms with Gasteiger partial charge in [-0.2, -0.15) is 0 Å². The number of amides is 1. The molecule has 0 bridgehead atoms. The summed E-state index contributed by atoms with van der Waals surface area (Å²) in [5.74, 6) is -2.40. The van der Waals surface area contributed by atoms with Crippen LogP contribution in [0.2, 0.25) is 0 Å². The van der Waals surface area contributed by atoms with Crippen LogP contribution in [-0.4, -0.2) is 30.1 Å². The van der Waals surface area contributed by atoms with Crippen LogP contribution in [-0.2, 0) is 4.79 Å². The third-order valence-corrected chi connectivity index (χ3v) is 3.57. The summed E-state index contributed by atoms with van der Waals surface area (Å²) in [6.45, 7) is 4.36. The first kappa shape index (κ1) is 17.7. The van der Waals surface area contributed by atoms with E-state index in [-0.39, 0.29) is 16.6 Å². The molecule has 0 aliphatic heterocycles. The van der Waals surface area contributed by atoms with Crippen molar-refractivity contribution in [2.24, 2.45) is 0 Å². The zero-order chi connectivity index (χ0) is 16.2. The number of hydrogen-bond donors (Lipinski definition) is 0. The standard InChI is InChI=1S/C14H14BrF4NO/c1-3-6-20(13(19)12(17)18)14(21)8(2)9-4-5-10(15)11(16)7-9/h3-5,7-8,12-13H,1,6H2,2H3. The molecular formula is C14H14BrF4NO. The summed E-state index contributed by atoms with van der Waals surface area (Å²) in [6.07, 6.45) is -4.89. The van der Waals surface area contributed by atoms with Gasteiger partial charge in [0.2, 0.25) is 12.2 Å². The summed E-state index contributed by atoms with van der Waals surface area (Å²) in [7, 11) is 0. The van der Waals surface area contributed by atoms with Crippen molar-refractivity contribution in [3.05, 3.63) is 46.7 Å². The predicted molar refractivity (Wildman–Crippen MR) is 75.3 cm³/mol. The van der Waals surface area contributed by atoms with Crippen LogP contribution in [0.1, 0.15) is 18.4 Å². The number of nitrogens with zero attached hydrogens (tertiary/aromatic N) is 1. The molecule has 0 fully saturated rings. The van der Waals surface area contributed by atoms with Crippen LogP contribution >= 0.6 is 15.9 Å². The molecule has 0 saturated carbocycles. The van der Waals surface area contributed by atoms with Gasteiger partial charge in [0, 0.05) is 6.54 Å². The van der Waals surface area contributed by atoms with Gasteiger partial charge in [0.1, 0.15) is 5.82 Å². The monoisotopic (exact) mass is 367 g/mol. The summed E-state index contributed by atoms with van der Waals surface area (Å²) in [6, 6.07) is 3.97. The second-order valence-electron chi connectivity index (χ2n) is 4.38. The topological polar surface area (TPSA) is 20.3 Å². The number of carbonyl (C=O) groups excluding carboxylic acids is 1. The molecule has 0 aliphatic carbocycles. The van der Waals surface area contributed by atoms with Crippen LogP contribution in [0.3, 0.4) is 0 Å². The zero-order valence-electron chi connectivity index (χ0n) is 11.2. The highest BCUT2D eigenvalue weighted by molar-refractivity contribution is 9.10. The van der Waals surface area contributed by atoms with Gasteiger partial charge in [-0.3, -0.25) is 4.79 Å². The predicted octanol–water partition coefficient (Wildman–Crippen LogP) is 4.27. The van der Waals surface area contributed by atoms with Crippen LogP contribution in [0.15, 0.2) is 35.3 Å². The molecule has 0 aliphatic rings. The van der Waals surface area contributed by atoms with Crippen molar-refractivity contribution in [2.75, 3.05) is 6.54 Å². The minimum absolute atomic E-state index is 0.213. The van der Waals surface area contributed by atoms with Crippen molar-refractivity contribution in [2.45, 2.75) is 25.6 Å². The highest BCUT2D eigenvalue weighted by Gasteiger charge is 2.33. The number of carbonyl (C=O) groups is 1. The van der Waals surface area contributed by atoms with E-state index in [1.54, 1.807) is 0 Å². The highest BCUT2D eigenvalue weighted by atomic mass is 79.9. The first-order valence-corrected chi connectivity index (χ1v) is 6.87. The molecule has 2 nitrogen and oxygen atoms in total. The fraction of sp³-hybridized carbons (Fsp3) is 0.357. The number of benzene rings is 1. The van der Waals surface area contributed by atoms with E-state index in [1.165, 1.54) is 19.1 Å². The third kappa shape index (κ3) is 4.30. The van der Waals surface area contributed by atoms with Gasteiger partial charge in [-0.1, -0.05) is 12.1 Å². The Morgan fingerprint density at radius 2 is 2.05 bits per heavy atom. The first-order valence-electron chi connectivity index (χ1n) is 6.08. The van der Waals surface area contributed by atoms with Crippen molar-refractivity contribution >= 4 is 21.8 Å². The Bertz CT molecular complexity index is 524. The number of rotatable bonds is 6. The van der Waals surface area contributed by atoms with E-state index in [0.717, 1.165) is 12.1 Å². The van der Waals surface area contributed by atoms with E-state index in [4.69, 9.17) is 0 Å². The molecule has 1 rings (SSSR count). The van der Waals surface area contributed by atoms with Crippen molar-refractivity contribution in [1.82, 2.24) is 4.90 Å². The lowest BCUT2D eigenvalue weighted by Crippen LogP contribution is -2.43. The Balaban J connectivity index is 3.01. The van der Waals surface area contributed by atoms with E-state index in [1.807, 2.05) is 0 Å². The number of alkyl halides is 3. The maximum absolute atomic E-state index is 13.5. The van der Waals surface area contributed by atoms with Crippen LogP contribution in [0.25, 0.3) is 0 Å². The lowest BCUT2D eigenvalue weighted by Gasteiger charge is -2.27. The SMILES string of the molecule is C=CCN(C(=O)C(C)c1ccc(Br)c(F)c1)C(F)C(F)F. The molecule has 1 aromatic rings. The van der Waals surface area contributed by atoms with Crippen LogP contribution in [0.4, 0.5) is 17.6 Å². The van der Waals surface area contributed by atoms with E-state index in [2.05, 4.69) is 22.5 Å². The minimum atomic E-state index is -3.32. The molecule has 0 aromatic heterocycles. The second kappa shape index (κ2) is 7.59. The zero-order valence-corrected chi connectivity index (χ0v) is 12.8. The quantitative estimate of drug-likeness (QED) is 0.417. The Hall–Kier alpha value is -1.37. The van der Waals surface area contributed by atoms with E-state index >= 15 is 0 Å². The Morgan fingerprint density at radius 1 is 1.43 bits per heavy atom. The molecule has 0 saturated heterocycles. The van der Waals surface area contributed by atoms with Gasteiger partial charge in [0.25, 0.3) is 6.43 Å². The molecule has 1 aromatic carbocycles. The molecule has 7 heteroatoms. The average Bonchev–Trinajstić information content (AvgIpc) is 2.45. The summed E-state index contributed by atoms with van der Waals surface area (Å²) >= 11 is 2.97. The summed E-state index contributed by atoms with van der Waals surface area (Å²) < 4.78 is 52.1. The highest BCUT2D eigenvalue weighted by Crippen LogP contribution is 2.25. The fourth-order valence-corrected chi connectivity index (χ4v) is 2.01. The molecular weight excluding hydrogens is 354 g/mol. The maximum Gasteiger partial charge on any atom is 0.287 e. The lowest BCUT2D eigenvalue weighted by atomic mass is 9.99. The van der Waals surface area contributed by atoms with Crippen LogP contribution in [0, 0.1) is 5.82 Å². The molecule has 0 radical (unpaired) electrons. The number of hydrogen-bond acceptors (Lipinski definition) is 1. The largest absolute Gasteiger partial charge is 0.303 e. The van der Waals surface area contributed by atoms with Crippen LogP contribution in [0.5, 0.6) is 0 Å². The summed E-state index contributed by atoms with van der Waals surface area (Å²) in [4.78, 5) is 12.5. The molecule has 1 amide bonds. The second-order valence-corrected chi connectivity index (χ2v) is 5.24. The molecule has 21 heavy (non-hydrogen) atoms. The van der Waals surface area contributed by atoms with Crippen molar-refractivity contribution in [3.63, 3.8) is 0 Å². The summed E-state index contributed by atoms with van der Waals surface area (Å²) in [5.41, 5.74) is 0.274. The smallest absolute Gasteiger partial charge is 0.287 e. The molecule has 2 unspecified atom stereocenters. The van der Waals surface area contributed by atoms with Crippen LogP contribution < -0.4 is 0 Å². The minimum Gasteiger partial charge on any atom is -0.303 e. The normalized spacial score (nSPS) is 13.9. The molecule has 0 spiro atoms. The molecule has 116 valence electrons. The first-order chi connectivity index (χ1) is 9.79. The van der Waals surface area contributed by atoms with Crippen molar-refractivity contribution < 1.29 is 22.4 Å². The van der Waals surface area contributed by atoms with Crippen molar-refractivity contribution in [3.8, 4) is 0 Å². The van der Waals surface area contributed by atoms with Gasteiger partial charge in [0.15, 0.2) is 0 Å². The number of halogens is 5. The third-order valence-electron chi connectivity index (χ3n) is 2.93. The maximum atomic E-state index is 13.5. The van der Waals surface area contributed by atoms with E-state index in [0.29, 0.717) is 4.90 Å². The lowest BCUT2D eigenvalue weighted by molar-refractivity contribution is -0.144. The summed E-state index contributed by atoms with van der Waals surface area (Å²) in [5, 5.41) is 0. The fourth-order valence-electron chi connectivity index (χ4n) is 1.76. The van der Waals surface area contributed by atoms with E-state index < -0.39 is 30.4 Å². The van der Waals surface area contributed by atoms with Gasteiger partial charge < -0.3 is 4.90 Å². The van der Waals surface area contributed by atoms with E-state index in [9.17, 15) is 22.4 Å². The average molecular weight is 368 g/mol. The van der Waals surface area contributed by atoms with Gasteiger partial charge in [-0.25, -0.2) is 17.6 Å². The Morgan fingerprint density at radius 3 is 2.52 bits per heavy atom. The Labute approximate surface area is 128 Å². The Kier molecular flexibility index (Phi) is 6.39. The van der Waals surface area contributed by atoms with Gasteiger partial charge >= 0.3 is 0 Å². The van der Waals surface area contributed by atoms with Crippen molar-refractivity contribution in [1.29, 1.82) is 0 Å². The molecule has 2 atom stereocenters. The van der Waals surface area contributed by atoms with Gasteiger partial charge in [-0.15, -0.1) is 6.58 Å². The van der Waals surface area contributed by atoms with Gasteiger partial charge in [-0.05, 0) is 40.5 Å². The molecule has 0 N–H and O–H groups in total.